The predicted molar refractivity (Wildman–Crippen MR) is 57.7 cm³/mol. The van der Waals surface area contributed by atoms with Gasteiger partial charge in [-0.3, -0.25) is 4.79 Å². The van der Waals surface area contributed by atoms with Crippen LogP contribution in [0.15, 0.2) is 18.7 Å². The van der Waals surface area contributed by atoms with E-state index in [0.717, 1.165) is 6.42 Å². The van der Waals surface area contributed by atoms with E-state index < -0.39 is 0 Å². The fourth-order valence-corrected chi connectivity index (χ4v) is 1.61. The van der Waals surface area contributed by atoms with Crippen LogP contribution in [-0.4, -0.2) is 31.0 Å². The quantitative estimate of drug-likeness (QED) is 0.559. The third kappa shape index (κ3) is 4.36. The van der Waals surface area contributed by atoms with Crippen molar-refractivity contribution in [2.75, 3.05) is 0 Å². The van der Waals surface area contributed by atoms with Crippen molar-refractivity contribution in [3.8, 4) is 0 Å². The number of Topliss-reactive ketones (excluding diaryl/α,β-unsaturated/α-hetero) is 1. The van der Waals surface area contributed by atoms with Crippen LogP contribution in [0.2, 0.25) is 0 Å². The number of rotatable bonds is 6. The molecule has 0 saturated heterocycles. The van der Waals surface area contributed by atoms with Gasteiger partial charge in [-0.1, -0.05) is 5.21 Å². The Morgan fingerprint density at radius 2 is 2.39 bits per heavy atom. The van der Waals surface area contributed by atoms with Crippen molar-refractivity contribution in [1.29, 1.82) is 0 Å². The van der Waals surface area contributed by atoms with Gasteiger partial charge >= 0.3 is 0 Å². The predicted octanol–water partition coefficient (Wildman–Crippen LogP) is -3.58. The van der Waals surface area contributed by atoms with Crippen LogP contribution < -0.4 is 21.5 Å². The van der Waals surface area contributed by atoms with Crippen LogP contribution in [-0.2, 0) is 24.8 Å². The maximum absolute atomic E-state index is 11.7. The highest BCUT2D eigenvalue weighted by molar-refractivity contribution is 5.78. The van der Waals surface area contributed by atoms with Gasteiger partial charge in [-0.15, -0.1) is 10.2 Å². The number of aromatic nitrogens is 6. The van der Waals surface area contributed by atoms with Gasteiger partial charge in [0.2, 0.25) is 6.33 Å². The zero-order valence-corrected chi connectivity index (χ0v) is 11.7. The van der Waals surface area contributed by atoms with Crippen molar-refractivity contribution >= 4 is 5.78 Å². The summed E-state index contributed by atoms with van der Waals surface area (Å²) in [6, 6.07) is 0. The Labute approximate surface area is 115 Å². The maximum atomic E-state index is 11.7. The van der Waals surface area contributed by atoms with Crippen LogP contribution in [0.25, 0.3) is 0 Å². The SMILES string of the molecule is C[n+]1ccn(CC(=O)CCCc2nn[nH]n2)c1.[Br-]. The summed E-state index contributed by atoms with van der Waals surface area (Å²) in [4.78, 5) is 11.7. The Bertz CT molecular complexity index is 480. The van der Waals surface area contributed by atoms with E-state index in [1.165, 1.54) is 0 Å². The first kappa shape index (κ1) is 14.5. The van der Waals surface area contributed by atoms with Crippen molar-refractivity contribution in [2.24, 2.45) is 7.05 Å². The molecule has 0 aliphatic rings. The highest BCUT2D eigenvalue weighted by Gasteiger charge is 2.08. The van der Waals surface area contributed by atoms with Crippen molar-refractivity contribution in [3.63, 3.8) is 0 Å². The summed E-state index contributed by atoms with van der Waals surface area (Å²) in [7, 11) is 1.93. The maximum Gasteiger partial charge on any atom is 0.243 e. The summed E-state index contributed by atoms with van der Waals surface area (Å²) < 4.78 is 3.78. The fraction of sp³-hybridized carbons (Fsp3) is 0.500. The molecular weight excluding hydrogens is 300 g/mol. The van der Waals surface area contributed by atoms with E-state index in [2.05, 4.69) is 20.6 Å². The van der Waals surface area contributed by atoms with Gasteiger partial charge in [-0.25, -0.2) is 9.13 Å². The number of halogens is 1. The molecular formula is C10H15BrN6O. The number of imidazole rings is 1. The van der Waals surface area contributed by atoms with Crippen LogP contribution in [0, 0.1) is 0 Å². The number of nitrogens with zero attached hydrogens (tertiary/aromatic N) is 5. The second-order valence-corrected chi connectivity index (χ2v) is 3.97. The van der Waals surface area contributed by atoms with Crippen LogP contribution in [0.4, 0.5) is 0 Å². The standard InChI is InChI=1S/C10H15N6O.BrH/c1-15-5-6-16(8-15)7-9(17)3-2-4-10-11-13-14-12-10;/h5-6,8H,2-4,7H2,1H3,(H,11,12,13,14);1H/q+1;/p-1. The summed E-state index contributed by atoms with van der Waals surface area (Å²) in [6.07, 6.45) is 7.66. The number of hydrogen-bond acceptors (Lipinski definition) is 4. The number of aryl methyl sites for hydroxylation is 2. The van der Waals surface area contributed by atoms with Gasteiger partial charge in [0.15, 0.2) is 11.6 Å². The topological polar surface area (TPSA) is 80.3 Å². The van der Waals surface area contributed by atoms with Gasteiger partial charge in [0.1, 0.15) is 18.9 Å². The van der Waals surface area contributed by atoms with E-state index in [0.29, 0.717) is 25.2 Å². The molecule has 0 bridgehead atoms. The van der Waals surface area contributed by atoms with E-state index >= 15 is 0 Å². The number of aromatic amines is 1. The lowest BCUT2D eigenvalue weighted by atomic mass is 10.1. The fourth-order valence-electron chi connectivity index (χ4n) is 1.61. The molecule has 0 unspecified atom stereocenters. The molecule has 0 radical (unpaired) electrons. The monoisotopic (exact) mass is 314 g/mol. The third-order valence-corrected chi connectivity index (χ3v) is 2.43. The number of nitrogens with one attached hydrogen (secondary N) is 1. The minimum atomic E-state index is 0. The Morgan fingerprint density at radius 1 is 1.56 bits per heavy atom. The van der Waals surface area contributed by atoms with Gasteiger partial charge in [-0.2, -0.15) is 5.21 Å². The van der Waals surface area contributed by atoms with Crippen LogP contribution in [0.3, 0.4) is 0 Å². The summed E-state index contributed by atoms with van der Waals surface area (Å²) in [5.74, 6) is 0.870. The van der Waals surface area contributed by atoms with E-state index in [9.17, 15) is 4.79 Å². The minimum absolute atomic E-state index is 0. The van der Waals surface area contributed by atoms with Crippen LogP contribution >= 0.6 is 0 Å². The van der Waals surface area contributed by atoms with Gasteiger partial charge in [0.05, 0.1) is 7.05 Å². The molecule has 0 aromatic carbocycles. The summed E-state index contributed by atoms with van der Waals surface area (Å²) in [6.45, 7) is 0.424. The van der Waals surface area contributed by atoms with E-state index in [1.54, 1.807) is 0 Å². The molecule has 0 saturated carbocycles. The molecule has 98 valence electrons. The number of carbonyl (C=O) groups is 1. The number of H-pyrrole nitrogens is 1. The third-order valence-electron chi connectivity index (χ3n) is 2.43. The molecule has 7 nitrogen and oxygen atoms in total. The van der Waals surface area contributed by atoms with Crippen LogP contribution in [0.1, 0.15) is 18.7 Å². The summed E-state index contributed by atoms with van der Waals surface area (Å²) in [5.41, 5.74) is 0. The van der Waals surface area contributed by atoms with Crippen molar-refractivity contribution in [2.45, 2.75) is 25.8 Å². The van der Waals surface area contributed by atoms with Gasteiger partial charge < -0.3 is 17.0 Å². The van der Waals surface area contributed by atoms with Crippen molar-refractivity contribution in [1.82, 2.24) is 25.2 Å². The Morgan fingerprint density at radius 3 is 3.00 bits per heavy atom. The molecule has 1 N–H and O–H groups in total. The zero-order chi connectivity index (χ0) is 12.1. The number of carbonyl (C=O) groups excluding carboxylic acids is 1. The molecule has 0 amide bonds. The first-order chi connectivity index (χ1) is 8.24. The molecule has 0 spiro atoms. The molecule has 0 atom stereocenters. The smallest absolute Gasteiger partial charge is 0.243 e. The zero-order valence-electron chi connectivity index (χ0n) is 10.1. The normalized spacial score (nSPS) is 10.1. The number of hydrogen-bond donors (Lipinski definition) is 1. The summed E-state index contributed by atoms with van der Waals surface area (Å²) >= 11 is 0. The molecule has 2 aromatic rings. The molecule has 2 aromatic heterocycles. The Hall–Kier alpha value is -1.57. The average molecular weight is 315 g/mol. The van der Waals surface area contributed by atoms with E-state index in [4.69, 9.17) is 0 Å². The highest BCUT2D eigenvalue weighted by Crippen LogP contribution is 1.99. The molecule has 0 aliphatic heterocycles. The molecule has 18 heavy (non-hydrogen) atoms. The van der Waals surface area contributed by atoms with Gasteiger partial charge in [0.25, 0.3) is 0 Å². The second kappa shape index (κ2) is 7.00. The van der Waals surface area contributed by atoms with Crippen molar-refractivity contribution in [3.05, 3.63) is 24.5 Å². The molecule has 0 aliphatic carbocycles. The molecule has 8 heteroatoms. The van der Waals surface area contributed by atoms with Gasteiger partial charge in [0, 0.05) is 12.8 Å². The van der Waals surface area contributed by atoms with Gasteiger partial charge in [-0.05, 0) is 6.42 Å². The van der Waals surface area contributed by atoms with Crippen molar-refractivity contribution < 1.29 is 26.3 Å². The average Bonchev–Trinajstić information content (AvgIpc) is 2.90. The Kier molecular flexibility index (Phi) is 5.63. The highest BCUT2D eigenvalue weighted by atomic mass is 79.9. The van der Waals surface area contributed by atoms with E-state index in [1.807, 2.05) is 34.9 Å². The molecule has 2 rings (SSSR count). The first-order valence-corrected chi connectivity index (χ1v) is 5.49. The van der Waals surface area contributed by atoms with E-state index in [-0.39, 0.29) is 22.8 Å². The number of ketones is 1. The Balaban J connectivity index is 0.00000162. The molecule has 2 heterocycles. The lowest BCUT2D eigenvalue weighted by molar-refractivity contribution is -0.671. The number of tetrazole rings is 1. The summed E-state index contributed by atoms with van der Waals surface area (Å²) in [5, 5.41) is 13.5. The lowest BCUT2D eigenvalue weighted by Crippen LogP contribution is -3.00. The molecule has 0 fully saturated rings. The first-order valence-electron chi connectivity index (χ1n) is 5.49. The largest absolute Gasteiger partial charge is 1.00 e. The second-order valence-electron chi connectivity index (χ2n) is 3.97. The van der Waals surface area contributed by atoms with Crippen LogP contribution in [0.5, 0.6) is 0 Å². The lowest BCUT2D eigenvalue weighted by Gasteiger charge is -1.96. The minimum Gasteiger partial charge on any atom is -1.00 e.